The van der Waals surface area contributed by atoms with Crippen molar-refractivity contribution < 1.29 is 9.78 Å². The number of nitrogens with zero attached hydrogens (tertiary/aromatic N) is 2. The third-order valence-electron chi connectivity index (χ3n) is 2.57. The van der Waals surface area contributed by atoms with Gasteiger partial charge in [0.25, 0.3) is 0 Å². The summed E-state index contributed by atoms with van der Waals surface area (Å²) in [6.07, 6.45) is 2.03. The van der Waals surface area contributed by atoms with Gasteiger partial charge >= 0.3 is 0 Å². The molecule has 2 heterocycles. The molecule has 3 aliphatic rings. The maximum absolute atomic E-state index is 5.03. The van der Waals surface area contributed by atoms with Crippen LogP contribution in [0.4, 0.5) is 0 Å². The summed E-state index contributed by atoms with van der Waals surface area (Å²) in [4.78, 5) is 9.88. The Morgan fingerprint density at radius 1 is 1.54 bits per heavy atom. The van der Waals surface area contributed by atoms with Crippen molar-refractivity contribution in [2.45, 2.75) is 13.0 Å². The van der Waals surface area contributed by atoms with E-state index in [0.29, 0.717) is 6.61 Å². The maximum atomic E-state index is 5.03. The molecular weight excluding hydrogens is 170 g/mol. The lowest BCUT2D eigenvalue weighted by molar-refractivity contribution is 0.0655. The first-order valence-electron chi connectivity index (χ1n) is 4.23. The Morgan fingerprint density at radius 2 is 2.46 bits per heavy atom. The van der Waals surface area contributed by atoms with E-state index in [-0.39, 0.29) is 12.0 Å². The molecule has 3 rings (SSSR count). The van der Waals surface area contributed by atoms with E-state index in [2.05, 4.69) is 15.8 Å². The molecule has 0 amide bonds. The van der Waals surface area contributed by atoms with Crippen molar-refractivity contribution in [1.82, 2.24) is 5.48 Å². The Hall–Kier alpha value is -1.36. The van der Waals surface area contributed by atoms with Gasteiger partial charge in [-0.05, 0) is 18.6 Å². The summed E-state index contributed by atoms with van der Waals surface area (Å²) in [7, 11) is 0. The molecule has 2 atom stereocenters. The average molecular weight is 179 g/mol. The van der Waals surface area contributed by atoms with Gasteiger partial charge < -0.3 is 4.84 Å². The van der Waals surface area contributed by atoms with Crippen LogP contribution in [-0.2, 0) is 9.78 Å². The van der Waals surface area contributed by atoms with Crippen LogP contribution in [0.3, 0.4) is 0 Å². The van der Waals surface area contributed by atoms with Crippen molar-refractivity contribution in [2.75, 3.05) is 6.61 Å². The smallest absolute Gasteiger partial charge is 0.131 e. The van der Waals surface area contributed by atoms with Gasteiger partial charge in [0.05, 0.1) is 17.3 Å². The van der Waals surface area contributed by atoms with Crippen molar-refractivity contribution in [3.8, 4) is 0 Å². The van der Waals surface area contributed by atoms with Crippen LogP contribution in [0.15, 0.2) is 22.0 Å². The fourth-order valence-electron chi connectivity index (χ4n) is 1.85. The number of allylic oxidation sites excluding steroid dienone is 1. The third-order valence-corrected chi connectivity index (χ3v) is 2.57. The zero-order valence-electron chi connectivity index (χ0n) is 7.15. The minimum atomic E-state index is 0.116. The number of oxime groups is 2. The molecule has 1 N–H and O–H groups in total. The Balaban J connectivity index is 2.09. The quantitative estimate of drug-likeness (QED) is 0.578. The van der Waals surface area contributed by atoms with Crippen molar-refractivity contribution >= 4 is 11.4 Å². The summed E-state index contributed by atoms with van der Waals surface area (Å²) in [6, 6.07) is 0.116. The lowest BCUT2D eigenvalue weighted by atomic mass is 9.84. The number of fused-ring (bicyclic) bond motifs is 3. The van der Waals surface area contributed by atoms with Gasteiger partial charge in [0.2, 0.25) is 0 Å². The predicted octanol–water partition coefficient (Wildman–Crippen LogP) is 0.208. The van der Waals surface area contributed by atoms with E-state index in [1.165, 1.54) is 0 Å². The van der Waals surface area contributed by atoms with Crippen LogP contribution in [-0.4, -0.2) is 24.1 Å². The molecule has 0 aromatic rings. The van der Waals surface area contributed by atoms with Crippen molar-refractivity contribution in [3.05, 3.63) is 11.6 Å². The van der Waals surface area contributed by atoms with Crippen LogP contribution in [0.25, 0.3) is 0 Å². The van der Waals surface area contributed by atoms with Crippen LogP contribution in [0.1, 0.15) is 6.92 Å². The van der Waals surface area contributed by atoms with Crippen LogP contribution in [0, 0.1) is 5.92 Å². The van der Waals surface area contributed by atoms with Crippen molar-refractivity contribution in [3.63, 3.8) is 0 Å². The number of hydroxylamine groups is 1. The number of hydrogen-bond acceptors (Lipinski definition) is 5. The van der Waals surface area contributed by atoms with Crippen LogP contribution >= 0.6 is 0 Å². The van der Waals surface area contributed by atoms with Gasteiger partial charge in [0.1, 0.15) is 12.6 Å². The maximum Gasteiger partial charge on any atom is 0.131 e. The minimum absolute atomic E-state index is 0.116. The Morgan fingerprint density at radius 3 is 3.38 bits per heavy atom. The van der Waals surface area contributed by atoms with E-state index in [4.69, 9.17) is 9.78 Å². The minimum Gasteiger partial charge on any atom is -0.394 e. The van der Waals surface area contributed by atoms with Gasteiger partial charge in [0.15, 0.2) is 0 Å². The molecule has 1 aliphatic carbocycles. The normalized spacial score (nSPS) is 35.0. The first kappa shape index (κ1) is 7.08. The van der Waals surface area contributed by atoms with E-state index >= 15 is 0 Å². The monoisotopic (exact) mass is 179 g/mol. The zero-order chi connectivity index (χ0) is 8.84. The second kappa shape index (κ2) is 2.32. The molecule has 5 nitrogen and oxygen atoms in total. The van der Waals surface area contributed by atoms with E-state index in [9.17, 15) is 0 Å². The lowest BCUT2D eigenvalue weighted by Gasteiger charge is -2.20. The highest BCUT2D eigenvalue weighted by molar-refractivity contribution is 6.18. The number of hydrogen-bond donors (Lipinski definition) is 1. The summed E-state index contributed by atoms with van der Waals surface area (Å²) in [6.45, 7) is 2.61. The fourth-order valence-corrected chi connectivity index (χ4v) is 1.85. The molecular formula is C8H9N3O2. The van der Waals surface area contributed by atoms with Gasteiger partial charge in [0, 0.05) is 0 Å². The van der Waals surface area contributed by atoms with Crippen molar-refractivity contribution in [2.24, 2.45) is 16.2 Å². The predicted molar refractivity (Wildman–Crippen MR) is 46.1 cm³/mol. The highest BCUT2D eigenvalue weighted by Gasteiger charge is 2.40. The SMILES string of the molecule is CC1=CC2=NOCC2C2=NONC12. The lowest BCUT2D eigenvalue weighted by Crippen LogP contribution is -2.41. The molecule has 5 heteroatoms. The van der Waals surface area contributed by atoms with E-state index in [0.717, 1.165) is 17.0 Å². The summed E-state index contributed by atoms with van der Waals surface area (Å²) >= 11 is 0. The van der Waals surface area contributed by atoms with E-state index < -0.39 is 0 Å². The van der Waals surface area contributed by atoms with Gasteiger partial charge in [-0.1, -0.05) is 10.3 Å². The number of rotatable bonds is 0. The molecule has 0 saturated carbocycles. The van der Waals surface area contributed by atoms with Gasteiger partial charge in [-0.25, -0.2) is 0 Å². The van der Waals surface area contributed by atoms with Crippen molar-refractivity contribution in [1.29, 1.82) is 0 Å². The van der Waals surface area contributed by atoms with E-state index in [1.54, 1.807) is 0 Å². The van der Waals surface area contributed by atoms with Crippen LogP contribution < -0.4 is 5.48 Å². The molecule has 0 bridgehead atoms. The summed E-state index contributed by atoms with van der Waals surface area (Å²) in [5.74, 6) is 0.184. The third kappa shape index (κ3) is 0.846. The summed E-state index contributed by atoms with van der Waals surface area (Å²) < 4.78 is 0. The second-order valence-corrected chi connectivity index (χ2v) is 3.41. The Labute approximate surface area is 75.0 Å². The first-order valence-corrected chi connectivity index (χ1v) is 4.23. The Bertz CT molecular complexity index is 345. The highest BCUT2D eigenvalue weighted by Crippen LogP contribution is 2.26. The molecule has 0 saturated heterocycles. The summed E-state index contributed by atoms with van der Waals surface area (Å²) in [5, 5.41) is 7.90. The van der Waals surface area contributed by atoms with Gasteiger partial charge in [-0.2, -0.15) is 0 Å². The first-order chi connectivity index (χ1) is 6.36. The topological polar surface area (TPSA) is 55.2 Å². The average Bonchev–Trinajstić information content (AvgIpc) is 2.66. The number of nitrogens with one attached hydrogen (secondary N) is 1. The molecule has 0 spiro atoms. The molecule has 0 radical (unpaired) electrons. The van der Waals surface area contributed by atoms with Crippen LogP contribution in [0.2, 0.25) is 0 Å². The molecule has 2 aliphatic heterocycles. The van der Waals surface area contributed by atoms with Gasteiger partial charge in [-0.15, -0.1) is 5.48 Å². The largest absolute Gasteiger partial charge is 0.394 e. The zero-order valence-corrected chi connectivity index (χ0v) is 7.15. The second-order valence-electron chi connectivity index (χ2n) is 3.41. The molecule has 0 aromatic heterocycles. The Kier molecular flexibility index (Phi) is 1.26. The van der Waals surface area contributed by atoms with E-state index in [1.807, 2.05) is 13.0 Å². The standard InChI is InChI=1S/C8H9N3O2/c1-4-2-6-5(3-12-9-6)8-7(4)10-13-11-8/h2,5,7,10H,3H2,1H3. The van der Waals surface area contributed by atoms with Gasteiger partial charge in [-0.3, -0.25) is 4.94 Å². The molecule has 2 unspecified atom stereocenters. The summed E-state index contributed by atoms with van der Waals surface area (Å²) in [5.41, 5.74) is 5.94. The fraction of sp³-hybridized carbons (Fsp3) is 0.500. The highest BCUT2D eigenvalue weighted by atomic mass is 16.8. The molecule has 13 heavy (non-hydrogen) atoms. The molecule has 68 valence electrons. The molecule has 0 aromatic carbocycles. The molecule has 0 fully saturated rings. The van der Waals surface area contributed by atoms with Crippen LogP contribution in [0.5, 0.6) is 0 Å².